The minimum atomic E-state index is -2.11. The number of phenolic OH excluding ortho intramolecular Hbond substituents is 1. The van der Waals surface area contributed by atoms with Crippen molar-refractivity contribution in [1.29, 1.82) is 5.41 Å². The third kappa shape index (κ3) is 5.80. The molecule has 1 atom stereocenters. The van der Waals surface area contributed by atoms with Gasteiger partial charge < -0.3 is 30.3 Å². The monoisotopic (exact) mass is 625 g/mol. The SMILES string of the molecule is CN1CCN=C1c1cc(S(=O)c2ncc(C(=O)O)c(=O)[nH]2)ccc1Oc1c(F)cnc(Oc2cc(C(=N)N)ccc2O)c1F. The number of ether oxygens (including phenoxy) is 2. The van der Waals surface area contributed by atoms with E-state index in [1.54, 1.807) is 11.9 Å². The number of aliphatic imine (C=N–C) groups is 1. The van der Waals surface area contributed by atoms with Crippen molar-refractivity contribution in [2.24, 2.45) is 10.7 Å². The number of aromatic hydroxyl groups is 1. The van der Waals surface area contributed by atoms with E-state index in [2.05, 4.69) is 19.9 Å². The van der Waals surface area contributed by atoms with Gasteiger partial charge in [0.1, 0.15) is 33.8 Å². The van der Waals surface area contributed by atoms with Crippen LogP contribution in [0.1, 0.15) is 21.5 Å². The second kappa shape index (κ2) is 11.9. The maximum Gasteiger partial charge on any atom is 0.342 e. The number of nitrogen functional groups attached to an aromatic ring is 1. The number of halogens is 2. The zero-order chi connectivity index (χ0) is 31.7. The summed E-state index contributed by atoms with van der Waals surface area (Å²) in [5.41, 5.74) is 4.17. The Morgan fingerprint density at radius 2 is 1.91 bits per heavy atom. The predicted octanol–water partition coefficient (Wildman–Crippen LogP) is 2.57. The first-order chi connectivity index (χ1) is 20.9. The first-order valence-corrected chi connectivity index (χ1v) is 13.6. The molecule has 6 N–H and O–H groups in total. The fourth-order valence-corrected chi connectivity index (χ4v) is 5.00. The van der Waals surface area contributed by atoms with Crippen molar-refractivity contribution in [2.45, 2.75) is 10.1 Å². The smallest absolute Gasteiger partial charge is 0.342 e. The van der Waals surface area contributed by atoms with Crippen LogP contribution in [-0.4, -0.2) is 72.1 Å². The van der Waals surface area contributed by atoms with Crippen molar-refractivity contribution in [3.63, 3.8) is 0 Å². The number of H-pyrrole nitrogens is 1. The molecule has 0 spiro atoms. The number of aromatic carboxylic acids is 1. The van der Waals surface area contributed by atoms with Crippen LogP contribution in [0.15, 0.2) is 68.6 Å². The van der Waals surface area contributed by atoms with Gasteiger partial charge in [-0.3, -0.25) is 20.2 Å². The first kappa shape index (κ1) is 29.8. The van der Waals surface area contributed by atoms with Crippen molar-refractivity contribution in [3.8, 4) is 28.9 Å². The number of pyridine rings is 1. The molecule has 0 radical (unpaired) electrons. The number of carboxylic acid groups (broad SMARTS) is 1. The summed E-state index contributed by atoms with van der Waals surface area (Å²) in [6.45, 7) is 0.898. The Balaban J connectivity index is 1.53. The van der Waals surface area contributed by atoms with E-state index in [1.807, 2.05) is 0 Å². The number of aromatic amines is 1. The fraction of sp³-hybridized carbons (Fsp3) is 0.111. The quantitative estimate of drug-likeness (QED) is 0.103. The van der Waals surface area contributed by atoms with E-state index in [0.717, 1.165) is 6.20 Å². The normalized spacial score (nSPS) is 13.3. The minimum Gasteiger partial charge on any atom is -0.504 e. The van der Waals surface area contributed by atoms with Gasteiger partial charge in [-0.05, 0) is 36.4 Å². The Labute approximate surface area is 248 Å². The average Bonchev–Trinajstić information content (AvgIpc) is 3.42. The van der Waals surface area contributed by atoms with Crippen molar-refractivity contribution in [3.05, 3.63) is 87.5 Å². The van der Waals surface area contributed by atoms with Gasteiger partial charge in [0.15, 0.2) is 17.3 Å². The number of rotatable bonds is 9. The number of nitrogens with one attached hydrogen (secondary N) is 2. The van der Waals surface area contributed by atoms with Crippen molar-refractivity contribution < 1.29 is 37.5 Å². The van der Waals surface area contributed by atoms with Crippen LogP contribution in [0.2, 0.25) is 0 Å². The topological polar surface area (TPSA) is 217 Å². The first-order valence-electron chi connectivity index (χ1n) is 12.5. The van der Waals surface area contributed by atoms with Gasteiger partial charge in [0.25, 0.3) is 11.4 Å². The number of amidine groups is 2. The predicted molar refractivity (Wildman–Crippen MR) is 150 cm³/mol. The molecule has 4 aromatic rings. The highest BCUT2D eigenvalue weighted by molar-refractivity contribution is 7.84. The van der Waals surface area contributed by atoms with Crippen molar-refractivity contribution in [1.82, 2.24) is 19.9 Å². The van der Waals surface area contributed by atoms with Crippen LogP contribution < -0.4 is 20.8 Å². The second-order valence-electron chi connectivity index (χ2n) is 9.14. The van der Waals surface area contributed by atoms with Crippen LogP contribution in [-0.2, 0) is 10.8 Å². The summed E-state index contributed by atoms with van der Waals surface area (Å²) in [7, 11) is -0.400. The van der Waals surface area contributed by atoms with Crippen LogP contribution in [0.25, 0.3) is 0 Å². The summed E-state index contributed by atoms with van der Waals surface area (Å²) in [4.78, 5) is 39.0. The molecule has 226 valence electrons. The van der Waals surface area contributed by atoms with E-state index in [4.69, 9.17) is 25.7 Å². The molecule has 0 bridgehead atoms. The molecule has 0 saturated heterocycles. The van der Waals surface area contributed by atoms with Crippen LogP contribution in [0, 0.1) is 17.0 Å². The van der Waals surface area contributed by atoms with E-state index in [-0.39, 0.29) is 38.5 Å². The molecule has 1 unspecified atom stereocenters. The molecule has 3 heterocycles. The molecule has 44 heavy (non-hydrogen) atoms. The summed E-state index contributed by atoms with van der Waals surface area (Å²) in [6.07, 6.45) is 1.43. The Hall–Kier alpha value is -5.71. The summed E-state index contributed by atoms with van der Waals surface area (Å²) in [5, 5.41) is 26.4. The molecule has 0 saturated carbocycles. The maximum atomic E-state index is 15.6. The molecule has 0 fully saturated rings. The standard InChI is InChI=1S/C27H21F2N7O7S/c1-36-7-6-32-23(36)14-9-13(44(41)27-34-10-15(26(39)40)24(38)35-27)3-5-18(14)42-21-16(28)11-33-25(20(21)29)43-19-8-12(22(30)31)2-4-17(19)37/h2-5,8-11,37H,6-7H2,1H3,(H3,30,31)(H,39,40)(H,34,35,38). The number of carboxylic acids is 1. The molecule has 0 amide bonds. The van der Waals surface area contributed by atoms with E-state index >= 15 is 4.39 Å². The lowest BCUT2D eigenvalue weighted by Crippen LogP contribution is -2.24. The van der Waals surface area contributed by atoms with Gasteiger partial charge in [-0.1, -0.05) is 0 Å². The number of hydrogen-bond donors (Lipinski definition) is 5. The second-order valence-corrected chi connectivity index (χ2v) is 10.5. The minimum absolute atomic E-state index is 0.0853. The number of likely N-dealkylation sites (N-methyl/N-ethyl adjacent to an activating group) is 1. The Morgan fingerprint density at radius 1 is 1.14 bits per heavy atom. The van der Waals surface area contributed by atoms with E-state index < -0.39 is 56.9 Å². The van der Waals surface area contributed by atoms with Gasteiger partial charge in [0.2, 0.25) is 16.7 Å². The lowest BCUT2D eigenvalue weighted by molar-refractivity contribution is 0.0694. The molecule has 2 aromatic heterocycles. The molecule has 1 aliphatic rings. The van der Waals surface area contributed by atoms with Gasteiger partial charge in [0.05, 0.1) is 24.5 Å². The number of nitrogens with zero attached hydrogens (tertiary/aromatic N) is 4. The highest BCUT2D eigenvalue weighted by atomic mass is 32.2. The largest absolute Gasteiger partial charge is 0.504 e. The molecule has 1 aliphatic heterocycles. The molecule has 14 nitrogen and oxygen atoms in total. The van der Waals surface area contributed by atoms with Crippen LogP contribution in [0.3, 0.4) is 0 Å². The summed E-state index contributed by atoms with van der Waals surface area (Å²) >= 11 is 0. The third-order valence-corrected chi connectivity index (χ3v) is 7.48. The number of carbonyl (C=O) groups is 1. The number of aromatic nitrogens is 3. The van der Waals surface area contributed by atoms with E-state index in [0.29, 0.717) is 25.1 Å². The van der Waals surface area contributed by atoms with Gasteiger partial charge in [-0.25, -0.2) is 23.4 Å². The van der Waals surface area contributed by atoms with Crippen LogP contribution in [0.4, 0.5) is 8.78 Å². The number of benzene rings is 2. The maximum absolute atomic E-state index is 15.6. The van der Waals surface area contributed by atoms with Gasteiger partial charge in [-0.2, -0.15) is 4.39 Å². The number of nitrogens with two attached hydrogens (primary N) is 1. The lowest BCUT2D eigenvalue weighted by atomic mass is 10.1. The molecule has 0 aliphatic carbocycles. The number of phenols is 1. The summed E-state index contributed by atoms with van der Waals surface area (Å²) in [6, 6.07) is 7.64. The van der Waals surface area contributed by atoms with Crippen LogP contribution in [0.5, 0.6) is 28.9 Å². The van der Waals surface area contributed by atoms with Gasteiger partial charge in [0, 0.05) is 24.1 Å². The van der Waals surface area contributed by atoms with Crippen molar-refractivity contribution >= 4 is 28.4 Å². The lowest BCUT2D eigenvalue weighted by Gasteiger charge is -2.19. The highest BCUT2D eigenvalue weighted by Crippen LogP contribution is 2.38. The molecule has 5 rings (SSSR count). The summed E-state index contributed by atoms with van der Waals surface area (Å²) < 4.78 is 54.8. The Bertz CT molecular complexity index is 1950. The van der Waals surface area contributed by atoms with E-state index in [1.165, 1.54) is 36.4 Å². The zero-order valence-corrected chi connectivity index (χ0v) is 23.3. The zero-order valence-electron chi connectivity index (χ0n) is 22.5. The van der Waals surface area contributed by atoms with Crippen molar-refractivity contribution in [2.75, 3.05) is 20.1 Å². The molecular formula is C27H21F2N7O7S. The van der Waals surface area contributed by atoms with Crippen LogP contribution >= 0.6 is 0 Å². The molecule has 17 heteroatoms. The highest BCUT2D eigenvalue weighted by Gasteiger charge is 2.26. The van der Waals surface area contributed by atoms with Gasteiger partial charge >= 0.3 is 5.97 Å². The average molecular weight is 626 g/mol. The number of hydrogen-bond acceptors (Lipinski definition) is 11. The summed E-state index contributed by atoms with van der Waals surface area (Å²) in [5.74, 6) is -6.57. The van der Waals surface area contributed by atoms with Gasteiger partial charge in [-0.15, -0.1) is 0 Å². The Morgan fingerprint density at radius 3 is 2.57 bits per heavy atom. The fourth-order valence-electron chi connectivity index (χ4n) is 4.02. The Kier molecular flexibility index (Phi) is 8.04. The molecular weight excluding hydrogens is 604 g/mol. The molecule has 2 aromatic carbocycles. The third-order valence-electron chi connectivity index (χ3n) is 6.24. The van der Waals surface area contributed by atoms with E-state index in [9.17, 15) is 23.3 Å².